The van der Waals surface area contributed by atoms with Crippen molar-refractivity contribution >= 4 is 21.8 Å². The predicted octanol–water partition coefficient (Wildman–Crippen LogP) is 3.98. The molecule has 0 saturated heterocycles. The second kappa shape index (κ2) is 6.58. The zero-order valence-electron chi connectivity index (χ0n) is 12.5. The van der Waals surface area contributed by atoms with E-state index < -0.39 is 5.82 Å². The Bertz CT molecular complexity index is 751. The van der Waals surface area contributed by atoms with Gasteiger partial charge in [-0.25, -0.2) is 4.39 Å². The molecule has 1 heterocycles. The highest BCUT2D eigenvalue weighted by Crippen LogP contribution is 2.33. The number of rotatable bonds is 4. The van der Waals surface area contributed by atoms with Crippen LogP contribution in [0.4, 0.5) is 4.39 Å². The van der Waals surface area contributed by atoms with Crippen LogP contribution in [0, 0.1) is 5.82 Å². The van der Waals surface area contributed by atoms with Gasteiger partial charge in [-0.05, 0) is 42.8 Å². The topological polar surface area (TPSA) is 38.8 Å². The first kappa shape index (κ1) is 15.8. The first-order valence-electron chi connectivity index (χ1n) is 7.21. The van der Waals surface area contributed by atoms with Crippen LogP contribution in [0.25, 0.3) is 0 Å². The van der Waals surface area contributed by atoms with Crippen LogP contribution in [0.3, 0.4) is 0 Å². The van der Waals surface area contributed by atoms with Crippen molar-refractivity contribution in [1.82, 2.24) is 4.90 Å². The second-order valence-corrected chi connectivity index (χ2v) is 6.05. The van der Waals surface area contributed by atoms with Crippen molar-refractivity contribution < 1.29 is 18.7 Å². The van der Waals surface area contributed by atoms with Crippen molar-refractivity contribution in [2.45, 2.75) is 13.5 Å². The SMILES string of the molecule is CCN(Cc1ccc2c(c1)OCO2)C(=O)c1cc(Br)ccc1F. The van der Waals surface area contributed by atoms with Gasteiger partial charge < -0.3 is 14.4 Å². The third kappa shape index (κ3) is 3.32. The molecule has 0 fully saturated rings. The molecule has 0 N–H and O–H groups in total. The van der Waals surface area contributed by atoms with Crippen molar-refractivity contribution in [1.29, 1.82) is 0 Å². The van der Waals surface area contributed by atoms with Gasteiger partial charge in [-0.3, -0.25) is 4.79 Å². The number of ether oxygens (including phenoxy) is 2. The van der Waals surface area contributed by atoms with Crippen molar-refractivity contribution in [3.8, 4) is 11.5 Å². The van der Waals surface area contributed by atoms with Gasteiger partial charge in [-0.1, -0.05) is 22.0 Å². The molecule has 23 heavy (non-hydrogen) atoms. The normalized spacial score (nSPS) is 12.3. The molecule has 4 nitrogen and oxygen atoms in total. The average Bonchev–Trinajstić information content (AvgIpc) is 3.02. The van der Waals surface area contributed by atoms with E-state index in [0.29, 0.717) is 29.1 Å². The quantitative estimate of drug-likeness (QED) is 0.806. The van der Waals surface area contributed by atoms with E-state index in [0.717, 1.165) is 5.56 Å². The van der Waals surface area contributed by atoms with Crippen molar-refractivity contribution in [3.63, 3.8) is 0 Å². The Kier molecular flexibility index (Phi) is 4.52. The first-order valence-corrected chi connectivity index (χ1v) is 8.00. The van der Waals surface area contributed by atoms with Crippen LogP contribution in [0.2, 0.25) is 0 Å². The third-order valence-electron chi connectivity index (χ3n) is 3.64. The van der Waals surface area contributed by atoms with Crippen LogP contribution in [0.15, 0.2) is 40.9 Å². The highest BCUT2D eigenvalue weighted by Gasteiger charge is 2.20. The number of fused-ring (bicyclic) bond motifs is 1. The number of amides is 1. The number of nitrogens with zero attached hydrogens (tertiary/aromatic N) is 1. The van der Waals surface area contributed by atoms with Gasteiger partial charge in [0.1, 0.15) is 5.82 Å². The van der Waals surface area contributed by atoms with Gasteiger partial charge in [0.25, 0.3) is 5.91 Å². The average molecular weight is 380 g/mol. The molecule has 0 aromatic heterocycles. The largest absolute Gasteiger partial charge is 0.454 e. The van der Waals surface area contributed by atoms with E-state index in [-0.39, 0.29) is 18.3 Å². The number of carbonyl (C=O) groups is 1. The summed E-state index contributed by atoms with van der Waals surface area (Å²) in [4.78, 5) is 14.2. The molecule has 3 rings (SSSR count). The maximum absolute atomic E-state index is 13.9. The summed E-state index contributed by atoms with van der Waals surface area (Å²) in [6.07, 6.45) is 0. The molecule has 0 unspecified atom stereocenters. The Labute approximate surface area is 141 Å². The van der Waals surface area contributed by atoms with Crippen LogP contribution in [-0.2, 0) is 6.54 Å². The Hall–Kier alpha value is -2.08. The number of hydrogen-bond acceptors (Lipinski definition) is 3. The zero-order valence-corrected chi connectivity index (χ0v) is 14.1. The lowest BCUT2D eigenvalue weighted by Gasteiger charge is -2.21. The Morgan fingerprint density at radius 1 is 1.22 bits per heavy atom. The number of halogens is 2. The lowest BCUT2D eigenvalue weighted by atomic mass is 10.1. The summed E-state index contributed by atoms with van der Waals surface area (Å²) >= 11 is 3.27. The van der Waals surface area contributed by atoms with Crippen LogP contribution in [0.1, 0.15) is 22.8 Å². The van der Waals surface area contributed by atoms with Crippen LogP contribution in [-0.4, -0.2) is 24.1 Å². The maximum atomic E-state index is 13.9. The first-order chi connectivity index (χ1) is 11.1. The van der Waals surface area contributed by atoms with Gasteiger partial charge in [0.05, 0.1) is 5.56 Å². The van der Waals surface area contributed by atoms with Crippen molar-refractivity contribution in [3.05, 3.63) is 57.8 Å². The zero-order chi connectivity index (χ0) is 16.4. The molecular weight excluding hydrogens is 365 g/mol. The molecular formula is C17H15BrFNO3. The fraction of sp³-hybridized carbons (Fsp3) is 0.235. The van der Waals surface area contributed by atoms with E-state index in [1.165, 1.54) is 12.1 Å². The Morgan fingerprint density at radius 3 is 2.78 bits per heavy atom. The summed E-state index contributed by atoms with van der Waals surface area (Å²) in [5, 5.41) is 0. The van der Waals surface area contributed by atoms with E-state index in [9.17, 15) is 9.18 Å². The summed E-state index contributed by atoms with van der Waals surface area (Å²) in [5.74, 6) is 0.493. The van der Waals surface area contributed by atoms with Crippen LogP contribution < -0.4 is 9.47 Å². The smallest absolute Gasteiger partial charge is 0.257 e. The van der Waals surface area contributed by atoms with Crippen LogP contribution >= 0.6 is 15.9 Å². The number of hydrogen-bond donors (Lipinski definition) is 0. The molecule has 0 saturated carbocycles. The summed E-state index contributed by atoms with van der Waals surface area (Å²) in [5.41, 5.74) is 0.960. The number of carbonyl (C=O) groups excluding carboxylic acids is 1. The van der Waals surface area contributed by atoms with E-state index in [2.05, 4.69) is 15.9 Å². The Balaban J connectivity index is 1.82. The van der Waals surface area contributed by atoms with Crippen molar-refractivity contribution in [2.24, 2.45) is 0 Å². The molecule has 0 aliphatic carbocycles. The predicted molar refractivity (Wildman–Crippen MR) is 87.1 cm³/mol. The van der Waals surface area contributed by atoms with Gasteiger partial charge in [0.15, 0.2) is 11.5 Å². The highest BCUT2D eigenvalue weighted by molar-refractivity contribution is 9.10. The molecule has 2 aromatic carbocycles. The van der Waals surface area contributed by atoms with Gasteiger partial charge in [-0.15, -0.1) is 0 Å². The van der Waals surface area contributed by atoms with E-state index in [1.807, 2.05) is 25.1 Å². The third-order valence-corrected chi connectivity index (χ3v) is 4.13. The monoisotopic (exact) mass is 379 g/mol. The van der Waals surface area contributed by atoms with Gasteiger partial charge in [-0.2, -0.15) is 0 Å². The summed E-state index contributed by atoms with van der Waals surface area (Å²) < 4.78 is 25.2. The molecule has 1 aliphatic rings. The molecule has 6 heteroatoms. The molecule has 0 atom stereocenters. The van der Waals surface area contributed by atoms with Gasteiger partial charge >= 0.3 is 0 Å². The molecule has 120 valence electrons. The van der Waals surface area contributed by atoms with Crippen LogP contribution in [0.5, 0.6) is 11.5 Å². The molecule has 1 aliphatic heterocycles. The van der Waals surface area contributed by atoms with E-state index in [1.54, 1.807) is 11.0 Å². The van der Waals surface area contributed by atoms with Crippen molar-refractivity contribution in [2.75, 3.05) is 13.3 Å². The summed E-state index contributed by atoms with van der Waals surface area (Å²) in [6, 6.07) is 9.89. The molecule has 0 bridgehead atoms. The van der Waals surface area contributed by atoms with Gasteiger partial charge in [0.2, 0.25) is 6.79 Å². The fourth-order valence-electron chi connectivity index (χ4n) is 2.42. The lowest BCUT2D eigenvalue weighted by Crippen LogP contribution is -2.31. The highest BCUT2D eigenvalue weighted by atomic mass is 79.9. The van der Waals surface area contributed by atoms with E-state index >= 15 is 0 Å². The number of benzene rings is 2. The molecule has 0 radical (unpaired) electrons. The Morgan fingerprint density at radius 2 is 2.00 bits per heavy atom. The molecule has 2 aromatic rings. The minimum absolute atomic E-state index is 0.0574. The van der Waals surface area contributed by atoms with Gasteiger partial charge in [0, 0.05) is 17.6 Å². The summed E-state index contributed by atoms with van der Waals surface area (Å²) in [7, 11) is 0. The minimum Gasteiger partial charge on any atom is -0.454 e. The minimum atomic E-state index is -0.526. The second-order valence-electron chi connectivity index (χ2n) is 5.13. The molecule has 1 amide bonds. The fourth-order valence-corrected chi connectivity index (χ4v) is 2.78. The lowest BCUT2D eigenvalue weighted by molar-refractivity contribution is 0.0747. The standard InChI is InChI=1S/C17H15BrFNO3/c1-2-20(17(21)13-8-12(18)4-5-14(13)19)9-11-3-6-15-16(7-11)23-10-22-15/h3-8H,2,9-10H2,1H3. The summed E-state index contributed by atoms with van der Waals surface area (Å²) in [6.45, 7) is 2.91. The van der Waals surface area contributed by atoms with E-state index in [4.69, 9.17) is 9.47 Å². The maximum Gasteiger partial charge on any atom is 0.257 e. The molecule has 0 spiro atoms.